The van der Waals surface area contributed by atoms with Crippen LogP contribution < -0.4 is 0 Å². The Kier molecular flexibility index (Phi) is 6.17. The molecule has 2 heteroatoms. The summed E-state index contributed by atoms with van der Waals surface area (Å²) in [7, 11) is 0. The monoisotopic (exact) mass is 424 g/mol. The highest BCUT2D eigenvalue weighted by Gasteiger charge is 2.41. The van der Waals surface area contributed by atoms with Gasteiger partial charge in [0, 0.05) is 37.6 Å². The minimum absolute atomic E-state index is 0.404. The summed E-state index contributed by atoms with van der Waals surface area (Å²) in [6.07, 6.45) is 2.66. The fourth-order valence-corrected chi connectivity index (χ4v) is 6.30. The van der Waals surface area contributed by atoms with E-state index in [1.54, 1.807) is 0 Å². The molecule has 5 rings (SSSR count). The van der Waals surface area contributed by atoms with Crippen LogP contribution in [-0.4, -0.2) is 41.5 Å². The number of fused-ring (bicyclic) bond motifs is 1. The highest BCUT2D eigenvalue weighted by atomic mass is 15.3. The molecule has 2 fully saturated rings. The van der Waals surface area contributed by atoms with Crippen molar-refractivity contribution < 1.29 is 0 Å². The molecule has 0 bridgehead atoms. The van der Waals surface area contributed by atoms with Crippen LogP contribution in [0.1, 0.15) is 52.1 Å². The van der Waals surface area contributed by atoms with E-state index in [2.05, 4.69) is 103 Å². The molecule has 166 valence electrons. The van der Waals surface area contributed by atoms with Crippen LogP contribution in [0, 0.1) is 20.8 Å². The average molecular weight is 425 g/mol. The first-order chi connectivity index (χ1) is 15.6. The van der Waals surface area contributed by atoms with E-state index in [4.69, 9.17) is 0 Å². The highest BCUT2D eigenvalue weighted by molar-refractivity contribution is 5.38. The van der Waals surface area contributed by atoms with Gasteiger partial charge in [-0.15, -0.1) is 0 Å². The molecule has 0 amide bonds. The van der Waals surface area contributed by atoms with Gasteiger partial charge in [0.2, 0.25) is 0 Å². The van der Waals surface area contributed by atoms with Crippen LogP contribution in [0.15, 0.2) is 72.8 Å². The summed E-state index contributed by atoms with van der Waals surface area (Å²) in [5.41, 5.74) is 8.66. The number of piperazine rings is 1. The van der Waals surface area contributed by atoms with Gasteiger partial charge in [-0.25, -0.2) is 0 Å². The SMILES string of the molecule is Cc1cc(C)c(CN2CC(C(c3ccccc3)c3ccccc3)N3CCC[C@H]3C2)c(C)c1. The van der Waals surface area contributed by atoms with Crippen LogP contribution >= 0.6 is 0 Å². The smallest absolute Gasteiger partial charge is 0.0336 e. The predicted octanol–water partition coefficient (Wildman–Crippen LogP) is 6.09. The Bertz CT molecular complexity index is 980. The molecule has 32 heavy (non-hydrogen) atoms. The summed E-state index contributed by atoms with van der Waals surface area (Å²) < 4.78 is 0. The first-order valence-corrected chi connectivity index (χ1v) is 12.2. The standard InChI is InChI=1S/C30H36N2/c1-22-17-23(2)28(24(3)18-22)20-31-19-27-15-10-16-32(27)29(21-31)30(25-11-6-4-7-12-25)26-13-8-5-9-14-26/h4-9,11-14,17-18,27,29-30H,10,15-16,19-21H2,1-3H3/t27-,29?/m0/s1. The largest absolute Gasteiger partial charge is 0.296 e. The van der Waals surface area contributed by atoms with Crippen LogP contribution in [0.5, 0.6) is 0 Å². The highest BCUT2D eigenvalue weighted by Crippen LogP contribution is 2.38. The molecule has 0 aromatic heterocycles. The molecular weight excluding hydrogens is 388 g/mol. The van der Waals surface area contributed by atoms with Gasteiger partial charge in [-0.05, 0) is 68.0 Å². The molecule has 0 aliphatic carbocycles. The second kappa shape index (κ2) is 9.21. The Balaban J connectivity index is 1.50. The zero-order valence-electron chi connectivity index (χ0n) is 19.8. The normalized spacial score (nSPS) is 21.8. The second-order valence-electron chi connectivity index (χ2n) is 9.97. The molecule has 0 spiro atoms. The third-order valence-electron chi connectivity index (χ3n) is 7.69. The number of aryl methyl sites for hydroxylation is 3. The maximum atomic E-state index is 2.84. The number of hydrogen-bond donors (Lipinski definition) is 0. The van der Waals surface area contributed by atoms with Gasteiger partial charge in [-0.2, -0.15) is 0 Å². The van der Waals surface area contributed by atoms with Crippen LogP contribution in [0.2, 0.25) is 0 Å². The molecule has 2 heterocycles. The average Bonchev–Trinajstić information content (AvgIpc) is 3.27. The predicted molar refractivity (Wildman–Crippen MR) is 134 cm³/mol. The molecule has 1 unspecified atom stereocenters. The molecular formula is C30H36N2. The van der Waals surface area contributed by atoms with E-state index in [-0.39, 0.29) is 0 Å². The van der Waals surface area contributed by atoms with Crippen molar-refractivity contribution in [2.45, 2.75) is 58.2 Å². The molecule has 2 saturated heterocycles. The van der Waals surface area contributed by atoms with Crippen molar-refractivity contribution in [1.82, 2.24) is 9.80 Å². The van der Waals surface area contributed by atoms with Crippen LogP contribution in [0.25, 0.3) is 0 Å². The lowest BCUT2D eigenvalue weighted by atomic mass is 9.82. The molecule has 0 saturated carbocycles. The lowest BCUT2D eigenvalue weighted by molar-refractivity contribution is 0.0382. The van der Waals surface area contributed by atoms with Crippen molar-refractivity contribution in [2.75, 3.05) is 19.6 Å². The summed E-state index contributed by atoms with van der Waals surface area (Å²) in [4.78, 5) is 5.59. The van der Waals surface area contributed by atoms with E-state index >= 15 is 0 Å². The van der Waals surface area contributed by atoms with Gasteiger partial charge >= 0.3 is 0 Å². The summed E-state index contributed by atoms with van der Waals surface area (Å²) >= 11 is 0. The zero-order valence-corrected chi connectivity index (χ0v) is 19.8. The molecule has 3 aromatic rings. The zero-order chi connectivity index (χ0) is 22.1. The molecule has 2 nitrogen and oxygen atoms in total. The van der Waals surface area contributed by atoms with E-state index < -0.39 is 0 Å². The topological polar surface area (TPSA) is 6.48 Å². The Morgan fingerprint density at radius 2 is 1.41 bits per heavy atom. The minimum atomic E-state index is 0.404. The lowest BCUT2D eigenvalue weighted by Crippen LogP contribution is -2.57. The van der Waals surface area contributed by atoms with Gasteiger partial charge in [0.25, 0.3) is 0 Å². The summed E-state index contributed by atoms with van der Waals surface area (Å²) in [6, 6.07) is 28.3. The third-order valence-corrected chi connectivity index (χ3v) is 7.69. The van der Waals surface area contributed by atoms with Crippen molar-refractivity contribution in [1.29, 1.82) is 0 Å². The van der Waals surface area contributed by atoms with Gasteiger partial charge in [-0.1, -0.05) is 78.4 Å². The number of benzene rings is 3. The lowest BCUT2D eigenvalue weighted by Gasteiger charge is -2.47. The number of hydrogen-bond acceptors (Lipinski definition) is 2. The number of rotatable bonds is 5. The molecule has 0 radical (unpaired) electrons. The third kappa shape index (κ3) is 4.27. The first-order valence-electron chi connectivity index (χ1n) is 12.2. The van der Waals surface area contributed by atoms with Gasteiger partial charge in [0.15, 0.2) is 0 Å². The molecule has 3 aromatic carbocycles. The van der Waals surface area contributed by atoms with Crippen molar-refractivity contribution >= 4 is 0 Å². The fraction of sp³-hybridized carbons (Fsp3) is 0.400. The van der Waals surface area contributed by atoms with Crippen LogP contribution in [-0.2, 0) is 6.54 Å². The summed E-state index contributed by atoms with van der Waals surface area (Å²) in [5.74, 6) is 0.404. The van der Waals surface area contributed by atoms with E-state index in [0.717, 1.165) is 13.1 Å². The summed E-state index contributed by atoms with van der Waals surface area (Å²) in [6.45, 7) is 11.4. The van der Waals surface area contributed by atoms with Gasteiger partial charge in [0.05, 0.1) is 0 Å². The molecule has 2 aliphatic heterocycles. The van der Waals surface area contributed by atoms with Gasteiger partial charge < -0.3 is 0 Å². The van der Waals surface area contributed by atoms with E-state index in [1.165, 1.54) is 59.3 Å². The minimum Gasteiger partial charge on any atom is -0.296 e. The Labute approximate surface area is 193 Å². The quantitative estimate of drug-likeness (QED) is 0.489. The second-order valence-corrected chi connectivity index (χ2v) is 9.97. The maximum Gasteiger partial charge on any atom is 0.0336 e. The maximum absolute atomic E-state index is 2.84. The Morgan fingerprint density at radius 1 is 0.812 bits per heavy atom. The fourth-order valence-electron chi connectivity index (χ4n) is 6.30. The molecule has 0 N–H and O–H groups in total. The van der Waals surface area contributed by atoms with Crippen molar-refractivity contribution in [3.63, 3.8) is 0 Å². The summed E-state index contributed by atoms with van der Waals surface area (Å²) in [5, 5.41) is 0. The van der Waals surface area contributed by atoms with E-state index in [1.807, 2.05) is 0 Å². The Morgan fingerprint density at radius 3 is 2.00 bits per heavy atom. The van der Waals surface area contributed by atoms with Crippen molar-refractivity contribution in [2.24, 2.45) is 0 Å². The van der Waals surface area contributed by atoms with Crippen LogP contribution in [0.4, 0.5) is 0 Å². The number of nitrogens with zero attached hydrogens (tertiary/aromatic N) is 2. The van der Waals surface area contributed by atoms with E-state index in [9.17, 15) is 0 Å². The van der Waals surface area contributed by atoms with E-state index in [0.29, 0.717) is 18.0 Å². The van der Waals surface area contributed by atoms with Gasteiger partial charge in [0.1, 0.15) is 0 Å². The molecule has 2 atom stereocenters. The van der Waals surface area contributed by atoms with Crippen LogP contribution in [0.3, 0.4) is 0 Å². The van der Waals surface area contributed by atoms with Crippen molar-refractivity contribution in [3.05, 3.63) is 106 Å². The van der Waals surface area contributed by atoms with Gasteiger partial charge in [-0.3, -0.25) is 9.80 Å². The Hall–Kier alpha value is -2.42. The molecule has 2 aliphatic rings. The first kappa shape index (κ1) is 21.4. The van der Waals surface area contributed by atoms with Crippen molar-refractivity contribution in [3.8, 4) is 0 Å².